The van der Waals surface area contributed by atoms with Crippen molar-refractivity contribution in [2.24, 2.45) is 4.99 Å². The van der Waals surface area contributed by atoms with Crippen molar-refractivity contribution < 1.29 is 9.18 Å². The third-order valence-electron chi connectivity index (χ3n) is 3.69. The number of halogens is 1. The minimum absolute atomic E-state index is 0.0452. The van der Waals surface area contributed by atoms with Gasteiger partial charge in [0.1, 0.15) is 12.4 Å². The minimum Gasteiger partial charge on any atom is -0.351 e. The molecule has 2 N–H and O–H groups in total. The molecule has 1 amide bonds. The molecular formula is C17H12FN3O. The molecule has 0 saturated heterocycles. The van der Waals surface area contributed by atoms with Gasteiger partial charge in [-0.25, -0.2) is 4.39 Å². The van der Waals surface area contributed by atoms with Crippen LogP contribution in [0.25, 0.3) is 10.9 Å². The molecule has 108 valence electrons. The second-order valence-electron chi connectivity index (χ2n) is 5.14. The summed E-state index contributed by atoms with van der Waals surface area (Å²) in [5.74, 6) is -0.552. The summed E-state index contributed by atoms with van der Waals surface area (Å²) in [5, 5.41) is 3.47. The number of carbonyl (C=O) groups is 1. The van der Waals surface area contributed by atoms with E-state index in [0.717, 1.165) is 11.1 Å². The van der Waals surface area contributed by atoms with Crippen LogP contribution in [0.15, 0.2) is 53.5 Å². The summed E-state index contributed by atoms with van der Waals surface area (Å²) < 4.78 is 13.5. The second kappa shape index (κ2) is 4.80. The van der Waals surface area contributed by atoms with Crippen molar-refractivity contribution in [3.05, 3.63) is 65.6 Å². The number of carbonyl (C=O) groups excluding carboxylic acids is 1. The van der Waals surface area contributed by atoms with Crippen LogP contribution in [0.1, 0.15) is 11.3 Å². The topological polar surface area (TPSA) is 57.2 Å². The summed E-state index contributed by atoms with van der Waals surface area (Å²) in [6, 6.07) is 14.1. The molecule has 3 aromatic rings. The molecule has 0 spiro atoms. The number of amides is 1. The number of hydrogen-bond donors (Lipinski definition) is 2. The zero-order valence-corrected chi connectivity index (χ0v) is 11.6. The molecule has 0 fully saturated rings. The molecule has 0 saturated carbocycles. The molecule has 4 rings (SSSR count). The molecule has 0 bridgehead atoms. The standard InChI is InChI=1S/C17H12FN3O/c18-11-6-7-13-12(8-11)16-17(20-13)15(19-9-14(22)21-16)10-4-2-1-3-5-10/h1-8,20H,9H2,(H,21,22). The Bertz CT molecular complexity index is 912. The molecule has 0 atom stereocenters. The van der Waals surface area contributed by atoms with E-state index in [1.165, 1.54) is 12.1 Å². The second-order valence-corrected chi connectivity index (χ2v) is 5.14. The number of aromatic nitrogens is 1. The van der Waals surface area contributed by atoms with Crippen LogP contribution in [0.2, 0.25) is 0 Å². The smallest absolute Gasteiger partial charge is 0.246 e. The molecule has 4 nitrogen and oxygen atoms in total. The van der Waals surface area contributed by atoms with Crippen LogP contribution in [0.3, 0.4) is 0 Å². The summed E-state index contributed by atoms with van der Waals surface area (Å²) in [6.45, 7) is 0.0452. The number of aliphatic imine (C=N–C) groups is 1. The fraction of sp³-hybridized carbons (Fsp3) is 0.0588. The number of anilines is 1. The molecule has 1 aliphatic heterocycles. The first-order valence-electron chi connectivity index (χ1n) is 6.94. The van der Waals surface area contributed by atoms with Gasteiger partial charge in [-0.15, -0.1) is 0 Å². The number of benzene rings is 2. The van der Waals surface area contributed by atoms with E-state index in [0.29, 0.717) is 22.5 Å². The largest absolute Gasteiger partial charge is 0.351 e. The van der Waals surface area contributed by atoms with Crippen molar-refractivity contribution in [2.75, 3.05) is 11.9 Å². The summed E-state index contributed by atoms with van der Waals surface area (Å²) in [7, 11) is 0. The number of H-pyrrole nitrogens is 1. The fourth-order valence-corrected chi connectivity index (χ4v) is 2.71. The van der Waals surface area contributed by atoms with Gasteiger partial charge in [0.15, 0.2) is 0 Å². The van der Waals surface area contributed by atoms with E-state index in [4.69, 9.17) is 0 Å². The molecule has 1 aliphatic rings. The van der Waals surface area contributed by atoms with E-state index in [2.05, 4.69) is 15.3 Å². The molecule has 0 radical (unpaired) electrons. The van der Waals surface area contributed by atoms with Gasteiger partial charge < -0.3 is 10.3 Å². The quantitative estimate of drug-likeness (QED) is 0.711. The first-order chi connectivity index (χ1) is 10.7. The van der Waals surface area contributed by atoms with Crippen LogP contribution in [-0.2, 0) is 4.79 Å². The van der Waals surface area contributed by atoms with E-state index in [1.54, 1.807) is 6.07 Å². The number of nitrogens with one attached hydrogen (secondary N) is 2. The monoisotopic (exact) mass is 293 g/mol. The lowest BCUT2D eigenvalue weighted by molar-refractivity contribution is -0.114. The SMILES string of the molecule is O=C1CN=C(c2ccccc2)c2[nH]c3ccc(F)cc3c2N1. The Balaban J connectivity index is 2.00. The molecule has 5 heteroatoms. The van der Waals surface area contributed by atoms with Gasteiger partial charge in [-0.3, -0.25) is 9.79 Å². The van der Waals surface area contributed by atoms with Crippen molar-refractivity contribution in [3.8, 4) is 0 Å². The molecule has 0 aliphatic carbocycles. The first kappa shape index (κ1) is 12.8. The molecule has 22 heavy (non-hydrogen) atoms. The lowest BCUT2D eigenvalue weighted by Crippen LogP contribution is -2.13. The summed E-state index contributed by atoms with van der Waals surface area (Å²) in [6.07, 6.45) is 0. The van der Waals surface area contributed by atoms with Gasteiger partial charge in [-0.05, 0) is 18.2 Å². The molecule has 2 heterocycles. The average Bonchev–Trinajstić information content (AvgIpc) is 2.77. The predicted molar refractivity (Wildman–Crippen MR) is 83.8 cm³/mol. The lowest BCUT2D eigenvalue weighted by atomic mass is 10.1. The number of nitrogens with zero attached hydrogens (tertiary/aromatic N) is 1. The minimum atomic E-state index is -0.342. The fourth-order valence-electron chi connectivity index (χ4n) is 2.71. The predicted octanol–water partition coefficient (Wildman–Crippen LogP) is 3.10. The van der Waals surface area contributed by atoms with Crippen molar-refractivity contribution in [1.29, 1.82) is 0 Å². The van der Waals surface area contributed by atoms with Crippen LogP contribution in [-0.4, -0.2) is 23.1 Å². The van der Waals surface area contributed by atoms with Gasteiger partial charge in [0.25, 0.3) is 0 Å². The summed E-state index contributed by atoms with van der Waals surface area (Å²) >= 11 is 0. The van der Waals surface area contributed by atoms with Gasteiger partial charge in [0, 0.05) is 16.5 Å². The molecule has 1 aromatic heterocycles. The maximum atomic E-state index is 13.5. The third kappa shape index (κ3) is 1.98. The van der Waals surface area contributed by atoms with Gasteiger partial charge in [-0.2, -0.15) is 0 Å². The van der Waals surface area contributed by atoms with E-state index in [9.17, 15) is 9.18 Å². The number of aromatic amines is 1. The number of hydrogen-bond acceptors (Lipinski definition) is 2. The van der Waals surface area contributed by atoms with Crippen LogP contribution >= 0.6 is 0 Å². The van der Waals surface area contributed by atoms with Crippen LogP contribution < -0.4 is 5.32 Å². The number of fused-ring (bicyclic) bond motifs is 3. The Labute approximate surface area is 125 Å². The highest BCUT2D eigenvalue weighted by molar-refractivity contribution is 6.22. The van der Waals surface area contributed by atoms with E-state index < -0.39 is 0 Å². The Kier molecular flexibility index (Phi) is 2.79. The van der Waals surface area contributed by atoms with Crippen molar-refractivity contribution in [2.45, 2.75) is 0 Å². The van der Waals surface area contributed by atoms with E-state index in [-0.39, 0.29) is 18.3 Å². The third-order valence-corrected chi connectivity index (χ3v) is 3.69. The Morgan fingerprint density at radius 3 is 2.73 bits per heavy atom. The van der Waals surface area contributed by atoms with Crippen LogP contribution in [0.5, 0.6) is 0 Å². The Morgan fingerprint density at radius 2 is 1.91 bits per heavy atom. The van der Waals surface area contributed by atoms with Gasteiger partial charge >= 0.3 is 0 Å². The van der Waals surface area contributed by atoms with Crippen molar-refractivity contribution in [3.63, 3.8) is 0 Å². The maximum absolute atomic E-state index is 13.5. The molecule has 0 unspecified atom stereocenters. The first-order valence-corrected chi connectivity index (χ1v) is 6.94. The Hall–Kier alpha value is -2.95. The number of rotatable bonds is 1. The maximum Gasteiger partial charge on any atom is 0.246 e. The zero-order valence-electron chi connectivity index (χ0n) is 11.6. The molecule has 2 aromatic carbocycles. The van der Waals surface area contributed by atoms with Gasteiger partial charge in [-0.1, -0.05) is 30.3 Å². The molecular weight excluding hydrogens is 281 g/mol. The highest BCUT2D eigenvalue weighted by atomic mass is 19.1. The zero-order chi connectivity index (χ0) is 15.1. The summed E-state index contributed by atoms with van der Waals surface area (Å²) in [4.78, 5) is 19.6. The highest BCUT2D eigenvalue weighted by Gasteiger charge is 2.22. The van der Waals surface area contributed by atoms with E-state index >= 15 is 0 Å². The van der Waals surface area contributed by atoms with Crippen molar-refractivity contribution >= 4 is 28.2 Å². The highest BCUT2D eigenvalue weighted by Crippen LogP contribution is 2.31. The van der Waals surface area contributed by atoms with Crippen LogP contribution in [0, 0.1) is 5.82 Å². The average molecular weight is 293 g/mol. The van der Waals surface area contributed by atoms with Gasteiger partial charge in [0.05, 0.1) is 17.1 Å². The summed E-state index contributed by atoms with van der Waals surface area (Å²) in [5.41, 5.74) is 3.66. The Morgan fingerprint density at radius 1 is 1.09 bits per heavy atom. The van der Waals surface area contributed by atoms with Gasteiger partial charge in [0.2, 0.25) is 5.91 Å². The normalized spacial score (nSPS) is 14.2. The van der Waals surface area contributed by atoms with E-state index in [1.807, 2.05) is 30.3 Å². The van der Waals surface area contributed by atoms with Crippen LogP contribution in [0.4, 0.5) is 10.1 Å². The van der Waals surface area contributed by atoms with Crippen molar-refractivity contribution in [1.82, 2.24) is 4.98 Å². The lowest BCUT2D eigenvalue weighted by Gasteiger charge is -2.05.